The van der Waals surface area contributed by atoms with Crippen LogP contribution in [-0.2, 0) is 9.53 Å². The van der Waals surface area contributed by atoms with Crippen molar-refractivity contribution in [1.82, 2.24) is 9.80 Å². The molecule has 1 N–H and O–H groups in total. The maximum Gasteiger partial charge on any atom is 0.320 e. The summed E-state index contributed by atoms with van der Waals surface area (Å²) in [5.41, 5.74) is 0. The van der Waals surface area contributed by atoms with Crippen LogP contribution >= 0.6 is 0 Å². The Kier molecular flexibility index (Phi) is 5.01. The molecule has 0 spiro atoms. The van der Waals surface area contributed by atoms with Crippen molar-refractivity contribution < 1.29 is 14.6 Å². The summed E-state index contributed by atoms with van der Waals surface area (Å²) in [5, 5.41) is 9.13. The SMILES string of the molecule is CCOC(=O)CN1CCN(C)C(CO)C1. The van der Waals surface area contributed by atoms with Crippen LogP contribution in [0.4, 0.5) is 0 Å². The minimum absolute atomic E-state index is 0.133. The first-order valence-corrected chi connectivity index (χ1v) is 5.36. The average Bonchev–Trinajstić information content (AvgIpc) is 2.21. The largest absolute Gasteiger partial charge is 0.465 e. The number of ether oxygens (including phenoxy) is 1. The lowest BCUT2D eigenvalue weighted by Crippen LogP contribution is -2.54. The Morgan fingerprint density at radius 3 is 2.87 bits per heavy atom. The maximum absolute atomic E-state index is 11.2. The highest BCUT2D eigenvalue weighted by Crippen LogP contribution is 2.06. The van der Waals surface area contributed by atoms with Crippen LogP contribution < -0.4 is 0 Å². The number of carbonyl (C=O) groups excluding carboxylic acids is 1. The predicted octanol–water partition coefficient (Wildman–Crippen LogP) is -0.842. The third-order valence-corrected chi connectivity index (χ3v) is 2.73. The molecule has 0 aromatic rings. The summed E-state index contributed by atoms with van der Waals surface area (Å²) in [4.78, 5) is 15.4. The summed E-state index contributed by atoms with van der Waals surface area (Å²) in [6.45, 7) is 5.16. The first-order chi connectivity index (χ1) is 7.17. The van der Waals surface area contributed by atoms with Gasteiger partial charge in [-0.05, 0) is 14.0 Å². The third kappa shape index (κ3) is 3.77. The summed E-state index contributed by atoms with van der Waals surface area (Å²) < 4.78 is 4.88. The summed E-state index contributed by atoms with van der Waals surface area (Å²) in [5.74, 6) is -0.182. The summed E-state index contributed by atoms with van der Waals surface area (Å²) in [6.07, 6.45) is 0. The molecule has 1 aliphatic rings. The number of likely N-dealkylation sites (N-methyl/N-ethyl adjacent to an activating group) is 1. The van der Waals surface area contributed by atoms with Gasteiger partial charge in [0, 0.05) is 25.7 Å². The van der Waals surface area contributed by atoms with E-state index in [1.807, 2.05) is 11.9 Å². The number of aliphatic hydroxyl groups excluding tert-OH is 1. The van der Waals surface area contributed by atoms with Crippen LogP contribution in [-0.4, -0.2) is 73.4 Å². The van der Waals surface area contributed by atoms with E-state index in [4.69, 9.17) is 9.84 Å². The molecule has 5 heteroatoms. The molecular weight excluding hydrogens is 196 g/mol. The number of nitrogens with zero attached hydrogens (tertiary/aromatic N) is 2. The molecule has 0 aliphatic carbocycles. The summed E-state index contributed by atoms with van der Waals surface area (Å²) >= 11 is 0. The van der Waals surface area contributed by atoms with E-state index < -0.39 is 0 Å². The monoisotopic (exact) mass is 216 g/mol. The van der Waals surface area contributed by atoms with Crippen molar-refractivity contribution in [3.8, 4) is 0 Å². The van der Waals surface area contributed by atoms with Crippen LogP contribution in [0.5, 0.6) is 0 Å². The molecule has 0 saturated carbocycles. The van der Waals surface area contributed by atoms with Crippen LogP contribution in [0.25, 0.3) is 0 Å². The van der Waals surface area contributed by atoms with Gasteiger partial charge in [-0.3, -0.25) is 14.6 Å². The van der Waals surface area contributed by atoms with E-state index in [1.54, 1.807) is 6.92 Å². The van der Waals surface area contributed by atoms with Gasteiger partial charge in [0.2, 0.25) is 0 Å². The molecule has 1 fully saturated rings. The van der Waals surface area contributed by atoms with Gasteiger partial charge in [-0.15, -0.1) is 0 Å². The summed E-state index contributed by atoms with van der Waals surface area (Å²) in [7, 11) is 1.99. The Bertz CT molecular complexity index is 211. The molecule has 1 unspecified atom stereocenters. The first-order valence-electron chi connectivity index (χ1n) is 5.36. The fourth-order valence-electron chi connectivity index (χ4n) is 1.74. The van der Waals surface area contributed by atoms with Crippen molar-refractivity contribution in [3.05, 3.63) is 0 Å². The number of carbonyl (C=O) groups is 1. The Hall–Kier alpha value is -0.650. The molecular formula is C10H20N2O3. The Labute approximate surface area is 90.6 Å². The summed E-state index contributed by atoms with van der Waals surface area (Å²) in [6, 6.07) is 0.133. The average molecular weight is 216 g/mol. The van der Waals surface area contributed by atoms with Gasteiger partial charge in [-0.2, -0.15) is 0 Å². The highest BCUT2D eigenvalue weighted by atomic mass is 16.5. The van der Waals surface area contributed by atoms with Gasteiger partial charge in [0.05, 0.1) is 19.8 Å². The van der Waals surface area contributed by atoms with Gasteiger partial charge < -0.3 is 9.84 Å². The second-order valence-electron chi connectivity index (χ2n) is 3.86. The number of esters is 1. The van der Waals surface area contributed by atoms with E-state index >= 15 is 0 Å². The molecule has 0 aromatic carbocycles. The zero-order valence-corrected chi connectivity index (χ0v) is 9.48. The lowest BCUT2D eigenvalue weighted by Gasteiger charge is -2.37. The van der Waals surface area contributed by atoms with Gasteiger partial charge in [-0.25, -0.2) is 0 Å². The molecule has 0 amide bonds. The van der Waals surface area contributed by atoms with E-state index in [0.717, 1.165) is 19.6 Å². The van der Waals surface area contributed by atoms with Crippen molar-refractivity contribution >= 4 is 5.97 Å². The molecule has 0 aromatic heterocycles. The molecule has 1 rings (SSSR count). The molecule has 1 atom stereocenters. The van der Waals surface area contributed by atoms with Gasteiger partial charge in [0.25, 0.3) is 0 Å². The molecule has 1 saturated heterocycles. The Balaban J connectivity index is 2.34. The Morgan fingerprint density at radius 2 is 2.27 bits per heavy atom. The van der Waals surface area contributed by atoms with Crippen LogP contribution in [0.15, 0.2) is 0 Å². The van der Waals surface area contributed by atoms with Crippen LogP contribution in [0.2, 0.25) is 0 Å². The smallest absolute Gasteiger partial charge is 0.320 e. The maximum atomic E-state index is 11.2. The molecule has 15 heavy (non-hydrogen) atoms. The van der Waals surface area contributed by atoms with Gasteiger partial charge >= 0.3 is 5.97 Å². The molecule has 0 bridgehead atoms. The van der Waals surface area contributed by atoms with Gasteiger partial charge in [0.1, 0.15) is 0 Å². The zero-order valence-electron chi connectivity index (χ0n) is 9.48. The number of hydrogen-bond donors (Lipinski definition) is 1. The molecule has 1 heterocycles. The zero-order chi connectivity index (χ0) is 11.3. The van der Waals surface area contributed by atoms with E-state index in [0.29, 0.717) is 13.2 Å². The molecule has 5 nitrogen and oxygen atoms in total. The lowest BCUT2D eigenvalue weighted by molar-refractivity contribution is -0.145. The van der Waals surface area contributed by atoms with Crippen molar-refractivity contribution in [2.75, 3.05) is 46.4 Å². The van der Waals surface area contributed by atoms with Crippen molar-refractivity contribution in [2.45, 2.75) is 13.0 Å². The predicted molar refractivity (Wildman–Crippen MR) is 56.6 cm³/mol. The standard InChI is InChI=1S/C10H20N2O3/c1-3-15-10(14)7-12-5-4-11(2)9(6-12)8-13/h9,13H,3-8H2,1-2H3. The van der Waals surface area contributed by atoms with Crippen molar-refractivity contribution in [3.63, 3.8) is 0 Å². The highest BCUT2D eigenvalue weighted by Gasteiger charge is 2.24. The van der Waals surface area contributed by atoms with E-state index in [2.05, 4.69) is 4.90 Å². The topological polar surface area (TPSA) is 53.0 Å². The third-order valence-electron chi connectivity index (χ3n) is 2.73. The van der Waals surface area contributed by atoms with Crippen LogP contribution in [0.1, 0.15) is 6.92 Å². The van der Waals surface area contributed by atoms with Gasteiger partial charge in [-0.1, -0.05) is 0 Å². The number of piperazine rings is 1. The quantitative estimate of drug-likeness (QED) is 0.621. The minimum atomic E-state index is -0.182. The van der Waals surface area contributed by atoms with E-state index in [9.17, 15) is 4.79 Å². The van der Waals surface area contributed by atoms with E-state index in [-0.39, 0.29) is 18.6 Å². The van der Waals surface area contributed by atoms with Crippen molar-refractivity contribution in [1.29, 1.82) is 0 Å². The fraction of sp³-hybridized carbons (Fsp3) is 0.900. The Morgan fingerprint density at radius 1 is 1.53 bits per heavy atom. The van der Waals surface area contributed by atoms with Crippen molar-refractivity contribution in [2.24, 2.45) is 0 Å². The number of aliphatic hydroxyl groups is 1. The lowest BCUT2D eigenvalue weighted by atomic mass is 10.2. The van der Waals surface area contributed by atoms with E-state index in [1.165, 1.54) is 0 Å². The molecule has 0 radical (unpaired) electrons. The van der Waals surface area contributed by atoms with Crippen LogP contribution in [0.3, 0.4) is 0 Å². The normalized spacial score (nSPS) is 24.1. The van der Waals surface area contributed by atoms with Crippen LogP contribution in [0, 0.1) is 0 Å². The molecule has 1 aliphatic heterocycles. The first kappa shape index (κ1) is 12.4. The fourth-order valence-corrected chi connectivity index (χ4v) is 1.74. The highest BCUT2D eigenvalue weighted by molar-refractivity contribution is 5.71. The number of rotatable bonds is 4. The minimum Gasteiger partial charge on any atom is -0.465 e. The molecule has 88 valence electrons. The second kappa shape index (κ2) is 6.05. The van der Waals surface area contributed by atoms with Gasteiger partial charge in [0.15, 0.2) is 0 Å². The second-order valence-corrected chi connectivity index (χ2v) is 3.86. The number of hydrogen-bond acceptors (Lipinski definition) is 5.